The summed E-state index contributed by atoms with van der Waals surface area (Å²) in [7, 11) is 0. The number of hydrogen-bond donors (Lipinski definition) is 0. The largest absolute Gasteiger partial charge is 0.0991 e. The minimum absolute atomic E-state index is 0. The van der Waals surface area contributed by atoms with Crippen molar-refractivity contribution in [2.24, 2.45) is 0 Å². The lowest BCUT2D eigenvalue weighted by atomic mass is 10.2. The first-order valence-electron chi connectivity index (χ1n) is 6.27. The molecule has 16 heavy (non-hydrogen) atoms. The first kappa shape index (κ1) is 29.5. The molecule has 0 aliphatic carbocycles. The van der Waals surface area contributed by atoms with Gasteiger partial charge < -0.3 is 0 Å². The summed E-state index contributed by atoms with van der Waals surface area (Å²) < 4.78 is 0. The van der Waals surface area contributed by atoms with Crippen LogP contribution in [0.5, 0.6) is 0 Å². The summed E-state index contributed by atoms with van der Waals surface area (Å²) in [6, 6.07) is 0. The Morgan fingerprint density at radius 2 is 1.38 bits per heavy atom. The zero-order chi connectivity index (χ0) is 13.1. The van der Waals surface area contributed by atoms with Crippen molar-refractivity contribution in [2.45, 2.75) is 69.2 Å². The second-order valence-electron chi connectivity index (χ2n) is 1.96. The molecular formula is C16H36. The maximum absolute atomic E-state index is 3.60. The molecule has 0 N–H and O–H groups in total. The molecule has 0 aromatic carbocycles. The smallest absolute Gasteiger partial charge is 0.0376 e. The van der Waals surface area contributed by atoms with E-state index in [2.05, 4.69) is 32.6 Å². The van der Waals surface area contributed by atoms with Gasteiger partial charge in [0, 0.05) is 0 Å². The van der Waals surface area contributed by atoms with Crippen molar-refractivity contribution < 1.29 is 0 Å². The molecule has 0 heteroatoms. The van der Waals surface area contributed by atoms with Crippen LogP contribution in [-0.2, 0) is 0 Å². The number of rotatable bonds is 3. The Bertz CT molecular complexity index is 127. The molecule has 0 aromatic heterocycles. The van der Waals surface area contributed by atoms with Crippen LogP contribution in [0.1, 0.15) is 69.2 Å². The van der Waals surface area contributed by atoms with Crippen LogP contribution in [-0.4, -0.2) is 0 Å². The average molecular weight is 228 g/mol. The first-order valence-corrected chi connectivity index (χ1v) is 6.27. The van der Waals surface area contributed by atoms with Crippen LogP contribution in [0.25, 0.3) is 0 Å². The molecule has 0 rings (SSSR count). The highest BCUT2D eigenvalue weighted by Crippen LogP contribution is 1.95. The Kier molecular flexibility index (Phi) is 87.8. The maximum Gasteiger partial charge on any atom is -0.0376 e. The highest BCUT2D eigenvalue weighted by molar-refractivity contribution is 5.20. The fraction of sp³-hybridized carbons (Fsp3) is 0.625. The van der Waals surface area contributed by atoms with E-state index in [1.165, 1.54) is 5.57 Å². The summed E-state index contributed by atoms with van der Waals surface area (Å²) in [5.74, 6) is 0. The van der Waals surface area contributed by atoms with E-state index in [4.69, 9.17) is 0 Å². The van der Waals surface area contributed by atoms with Crippen molar-refractivity contribution in [3.63, 3.8) is 0 Å². The summed E-state index contributed by atoms with van der Waals surface area (Å²) in [6.07, 6.45) is 9.13. The fourth-order valence-corrected chi connectivity index (χ4v) is 0.545. The Morgan fingerprint density at radius 3 is 1.62 bits per heavy atom. The van der Waals surface area contributed by atoms with Crippen LogP contribution in [0.4, 0.5) is 0 Å². The molecule has 0 aromatic rings. The van der Waals surface area contributed by atoms with Gasteiger partial charge in [0.1, 0.15) is 0 Å². The molecule has 0 heterocycles. The standard InChI is InChI=1S/C9H14.3C2H6.CH4/c1-4-6-8-9(3)7-5-2;3*1-2;/h5-8H,2,4H2,1,3H3;3*1-2H3;1H4/b8-6-,9-7-;;;;. The normalized spacial score (nSPS) is 8.12. The summed E-state index contributed by atoms with van der Waals surface area (Å²) in [4.78, 5) is 0. The summed E-state index contributed by atoms with van der Waals surface area (Å²) >= 11 is 0. The molecule has 0 unspecified atom stereocenters. The minimum atomic E-state index is 0. The van der Waals surface area contributed by atoms with Gasteiger partial charge in [-0.1, -0.05) is 92.3 Å². The van der Waals surface area contributed by atoms with Gasteiger partial charge in [-0.2, -0.15) is 0 Å². The van der Waals surface area contributed by atoms with E-state index >= 15 is 0 Å². The van der Waals surface area contributed by atoms with Crippen LogP contribution >= 0.6 is 0 Å². The van der Waals surface area contributed by atoms with Gasteiger partial charge in [0.2, 0.25) is 0 Å². The molecule has 100 valence electrons. The van der Waals surface area contributed by atoms with Crippen LogP contribution < -0.4 is 0 Å². The average Bonchev–Trinajstić information content (AvgIpc) is 2.34. The molecule has 0 bridgehead atoms. The molecule has 0 aliphatic rings. The van der Waals surface area contributed by atoms with Crippen LogP contribution in [0.15, 0.2) is 36.5 Å². The van der Waals surface area contributed by atoms with Crippen molar-refractivity contribution in [1.82, 2.24) is 0 Å². The zero-order valence-corrected chi connectivity index (χ0v) is 12.2. The van der Waals surface area contributed by atoms with E-state index in [9.17, 15) is 0 Å². The molecule has 0 amide bonds. The third-order valence-corrected chi connectivity index (χ3v) is 0.997. The van der Waals surface area contributed by atoms with Gasteiger partial charge in [-0.25, -0.2) is 0 Å². The van der Waals surface area contributed by atoms with Crippen molar-refractivity contribution >= 4 is 0 Å². The number of allylic oxidation sites excluding steroid dienone is 5. The quantitative estimate of drug-likeness (QED) is 0.466. The van der Waals surface area contributed by atoms with Crippen LogP contribution in [0.2, 0.25) is 0 Å². The van der Waals surface area contributed by atoms with E-state index in [1.807, 2.05) is 47.6 Å². The third kappa shape index (κ3) is 51.0. The van der Waals surface area contributed by atoms with E-state index in [-0.39, 0.29) is 7.43 Å². The molecule has 0 aliphatic heterocycles. The highest BCUT2D eigenvalue weighted by atomic mass is 13.8. The molecule has 0 nitrogen and oxygen atoms in total. The zero-order valence-electron chi connectivity index (χ0n) is 12.2. The Labute approximate surface area is 106 Å². The van der Waals surface area contributed by atoms with Crippen molar-refractivity contribution in [2.75, 3.05) is 0 Å². The van der Waals surface area contributed by atoms with Gasteiger partial charge in [0.15, 0.2) is 0 Å². The van der Waals surface area contributed by atoms with Crippen LogP contribution in [0, 0.1) is 0 Å². The monoisotopic (exact) mass is 228 g/mol. The van der Waals surface area contributed by atoms with E-state index in [0.717, 1.165) is 6.42 Å². The van der Waals surface area contributed by atoms with Crippen molar-refractivity contribution in [3.05, 3.63) is 36.5 Å². The van der Waals surface area contributed by atoms with Crippen molar-refractivity contribution in [1.29, 1.82) is 0 Å². The van der Waals surface area contributed by atoms with E-state index in [1.54, 1.807) is 6.08 Å². The third-order valence-electron chi connectivity index (χ3n) is 0.997. The van der Waals surface area contributed by atoms with Gasteiger partial charge >= 0.3 is 0 Å². The Morgan fingerprint density at radius 1 is 1.00 bits per heavy atom. The second kappa shape index (κ2) is 47.7. The molecule has 0 spiro atoms. The van der Waals surface area contributed by atoms with Crippen LogP contribution in [0.3, 0.4) is 0 Å². The second-order valence-corrected chi connectivity index (χ2v) is 1.96. The van der Waals surface area contributed by atoms with Gasteiger partial charge in [0.05, 0.1) is 0 Å². The lowest BCUT2D eigenvalue weighted by molar-refractivity contribution is 1.22. The summed E-state index contributed by atoms with van der Waals surface area (Å²) in [5, 5.41) is 0. The van der Waals surface area contributed by atoms with Gasteiger partial charge in [-0.3, -0.25) is 0 Å². The first-order chi connectivity index (χ1) is 7.31. The molecule has 0 radical (unpaired) electrons. The van der Waals surface area contributed by atoms with E-state index < -0.39 is 0 Å². The summed E-state index contributed by atoms with van der Waals surface area (Å²) in [5.41, 5.74) is 1.26. The maximum atomic E-state index is 3.60. The van der Waals surface area contributed by atoms with Gasteiger partial charge in [-0.15, -0.1) is 0 Å². The minimum Gasteiger partial charge on any atom is -0.0991 e. The fourth-order valence-electron chi connectivity index (χ4n) is 0.545. The lowest BCUT2D eigenvalue weighted by Gasteiger charge is -1.84. The molecule has 0 saturated carbocycles. The Hall–Kier alpha value is -0.780. The van der Waals surface area contributed by atoms with Crippen molar-refractivity contribution in [3.8, 4) is 0 Å². The molecule has 0 saturated heterocycles. The van der Waals surface area contributed by atoms with E-state index in [0.29, 0.717) is 0 Å². The van der Waals surface area contributed by atoms with Gasteiger partial charge in [-0.05, 0) is 13.3 Å². The summed E-state index contributed by atoms with van der Waals surface area (Å²) in [6.45, 7) is 19.8. The topological polar surface area (TPSA) is 0 Å². The SMILES string of the molecule is C.C=C/C=C(C)\C=C/CC.CC.CC.CC. The molecular weight excluding hydrogens is 192 g/mol. The predicted molar refractivity (Wildman–Crippen MR) is 84.2 cm³/mol. The molecule has 0 atom stereocenters. The molecule has 0 fully saturated rings. The highest BCUT2D eigenvalue weighted by Gasteiger charge is 1.73. The lowest BCUT2D eigenvalue weighted by Crippen LogP contribution is -1.63. The predicted octanol–water partition coefficient (Wildman–Crippen LogP) is 6.80. The number of hydrogen-bond acceptors (Lipinski definition) is 0. The Balaban J connectivity index is -0.0000000498. The van der Waals surface area contributed by atoms with Gasteiger partial charge in [0.25, 0.3) is 0 Å².